The van der Waals surface area contributed by atoms with Gasteiger partial charge >= 0.3 is 0 Å². The Balaban J connectivity index is 0.895. The summed E-state index contributed by atoms with van der Waals surface area (Å²) in [6.45, 7) is 0. The summed E-state index contributed by atoms with van der Waals surface area (Å²) in [5.41, 5.74) is 5.00. The Labute approximate surface area is 349 Å². The van der Waals surface area contributed by atoms with Crippen LogP contribution in [0.4, 0.5) is 0 Å². The maximum Gasteiger partial charge on any atom is 0.0768 e. The van der Waals surface area contributed by atoms with E-state index in [9.17, 15) is 0 Å². The fraction of sp³-hybridized carbons (Fsp3) is 0.0682. The standard InChI is InChI=1S/C44H35NP2S7/c48-42(27-28-51-46(49)53-43-36-19-7-3-13-32(36)23-25-40(43)38-21-9-15-30-11-1-5-17-34(30)38)45-29-52-47(50)54-44-37-20-8-4-14-33(37)24-26-41(44)39-22-10-16-31-12-2-6-18-35(31)39/h1-26,46-47H,27-29H2,(H,45,48). The van der Waals surface area contributed by atoms with Gasteiger partial charge in [0.1, 0.15) is 0 Å². The van der Waals surface area contributed by atoms with E-state index in [2.05, 4.69) is 163 Å². The van der Waals surface area contributed by atoms with Crippen LogP contribution in [0.5, 0.6) is 0 Å². The molecule has 0 aromatic heterocycles. The van der Waals surface area contributed by atoms with Gasteiger partial charge in [0, 0.05) is 27.1 Å². The highest BCUT2D eigenvalue weighted by Gasteiger charge is 2.16. The van der Waals surface area contributed by atoms with Gasteiger partial charge in [-0.05, 0) is 65.3 Å². The molecule has 10 heteroatoms. The monoisotopic (exact) mass is 863 g/mol. The van der Waals surface area contributed by atoms with E-state index in [0.717, 1.165) is 17.2 Å². The highest BCUT2D eigenvalue weighted by Crippen LogP contribution is 2.59. The lowest BCUT2D eigenvalue weighted by molar-refractivity contribution is 1.10. The smallest absolute Gasteiger partial charge is 0.0768 e. The first kappa shape index (κ1) is 38.3. The van der Waals surface area contributed by atoms with Gasteiger partial charge in [0.15, 0.2) is 0 Å². The summed E-state index contributed by atoms with van der Waals surface area (Å²) in [6.07, 6.45) is 0.804. The molecular formula is C44H35NP2S7. The molecule has 0 aliphatic heterocycles. The van der Waals surface area contributed by atoms with Crippen molar-refractivity contribution < 1.29 is 0 Å². The van der Waals surface area contributed by atoms with Gasteiger partial charge in [-0.25, -0.2) is 0 Å². The van der Waals surface area contributed by atoms with E-state index in [1.165, 1.54) is 75.1 Å². The summed E-state index contributed by atoms with van der Waals surface area (Å²) in [7, 11) is 0. The summed E-state index contributed by atoms with van der Waals surface area (Å²) >= 11 is 25.6. The summed E-state index contributed by atoms with van der Waals surface area (Å²) in [5, 5.41) is 11.0. The average molecular weight is 864 g/mol. The fourth-order valence-electron chi connectivity index (χ4n) is 6.77. The van der Waals surface area contributed by atoms with E-state index in [0.29, 0.717) is 5.88 Å². The topological polar surface area (TPSA) is 12.0 Å². The Morgan fingerprint density at radius 3 is 1.35 bits per heavy atom. The maximum absolute atomic E-state index is 6.18. The first-order valence-electron chi connectivity index (χ1n) is 17.5. The molecule has 8 rings (SSSR count). The number of hydrogen-bond acceptors (Lipinski definition) is 7. The molecule has 1 nitrogen and oxygen atoms in total. The average Bonchev–Trinajstić information content (AvgIpc) is 3.21. The van der Waals surface area contributed by atoms with Gasteiger partial charge in [-0.3, -0.25) is 0 Å². The van der Waals surface area contributed by atoms with Crippen LogP contribution in [0, 0.1) is 0 Å². The minimum atomic E-state index is -1.26. The van der Waals surface area contributed by atoms with Crippen LogP contribution in [0.1, 0.15) is 6.42 Å². The first-order valence-corrected chi connectivity index (χ1v) is 29.7. The first-order chi connectivity index (χ1) is 26.5. The Hall–Kier alpha value is -2.61. The number of rotatable bonds is 13. The van der Waals surface area contributed by atoms with Crippen LogP contribution in [-0.4, -0.2) is 16.6 Å². The second-order valence-corrected chi connectivity index (χ2v) is 31.5. The third kappa shape index (κ3) is 8.69. The summed E-state index contributed by atoms with van der Waals surface area (Å²) in [4.78, 5) is 3.43. The van der Waals surface area contributed by atoms with Crippen LogP contribution in [0.2, 0.25) is 0 Å². The van der Waals surface area contributed by atoms with Crippen LogP contribution < -0.4 is 5.32 Å². The van der Waals surface area contributed by atoms with Crippen LogP contribution in [0.15, 0.2) is 168 Å². The van der Waals surface area contributed by atoms with E-state index < -0.39 is 10.2 Å². The summed E-state index contributed by atoms with van der Waals surface area (Å²) in [6, 6.07) is 56.7. The van der Waals surface area contributed by atoms with Crippen molar-refractivity contribution in [3.05, 3.63) is 158 Å². The molecule has 2 atom stereocenters. The van der Waals surface area contributed by atoms with Crippen molar-refractivity contribution in [3.63, 3.8) is 0 Å². The van der Waals surface area contributed by atoms with Crippen LogP contribution in [0.3, 0.4) is 0 Å². The zero-order valence-corrected chi connectivity index (χ0v) is 36.7. The number of fused-ring (bicyclic) bond motifs is 4. The predicted molar refractivity (Wildman–Crippen MR) is 262 cm³/mol. The normalized spacial score (nSPS) is 12.7. The molecule has 8 aromatic carbocycles. The third-order valence-electron chi connectivity index (χ3n) is 9.30. The number of hydrogen-bond donors (Lipinski definition) is 1. The lowest BCUT2D eigenvalue weighted by Gasteiger charge is -2.16. The largest absolute Gasteiger partial charge is 0.370 e. The Morgan fingerprint density at radius 2 is 0.852 bits per heavy atom. The minimum Gasteiger partial charge on any atom is -0.370 e. The van der Waals surface area contributed by atoms with Gasteiger partial charge in [-0.2, -0.15) is 0 Å². The molecule has 0 heterocycles. The zero-order chi connectivity index (χ0) is 36.9. The van der Waals surface area contributed by atoms with Crippen molar-refractivity contribution in [1.29, 1.82) is 0 Å². The van der Waals surface area contributed by atoms with Gasteiger partial charge in [-0.1, -0.05) is 228 Å². The molecule has 0 bridgehead atoms. The molecule has 0 fully saturated rings. The molecule has 0 aliphatic rings. The molecule has 8 aromatic rings. The second kappa shape index (κ2) is 18.1. The lowest BCUT2D eigenvalue weighted by Crippen LogP contribution is -2.20. The predicted octanol–water partition coefficient (Wildman–Crippen LogP) is 15.3. The van der Waals surface area contributed by atoms with Crippen LogP contribution >= 0.6 is 67.9 Å². The van der Waals surface area contributed by atoms with Crippen LogP contribution in [0.25, 0.3) is 65.3 Å². The molecule has 268 valence electrons. The minimum absolute atomic E-state index is 0.716. The van der Waals surface area contributed by atoms with E-state index in [1.807, 2.05) is 45.5 Å². The van der Waals surface area contributed by atoms with Crippen molar-refractivity contribution in [2.45, 2.75) is 16.2 Å². The SMILES string of the molecule is S=C(CCS[PH](=S)Sc1c(-c2cccc3ccccc23)ccc2ccccc12)NCS[PH](=S)Sc1c(-c2cccc3ccccc23)ccc2ccccc12. The molecule has 2 unspecified atom stereocenters. The van der Waals surface area contributed by atoms with Crippen molar-refractivity contribution in [2.75, 3.05) is 11.6 Å². The molecule has 0 amide bonds. The van der Waals surface area contributed by atoms with Gasteiger partial charge in [0.25, 0.3) is 0 Å². The molecule has 54 heavy (non-hydrogen) atoms. The molecule has 0 radical (unpaired) electrons. The van der Waals surface area contributed by atoms with E-state index in [-0.39, 0.29) is 0 Å². The van der Waals surface area contributed by atoms with E-state index in [4.69, 9.17) is 35.8 Å². The van der Waals surface area contributed by atoms with Crippen LogP contribution in [-0.2, 0) is 23.6 Å². The van der Waals surface area contributed by atoms with Crippen molar-refractivity contribution in [3.8, 4) is 22.3 Å². The van der Waals surface area contributed by atoms with Crippen molar-refractivity contribution in [1.82, 2.24) is 5.32 Å². The molecular weight excluding hydrogens is 829 g/mol. The number of nitrogens with one attached hydrogen (secondary N) is 1. The molecule has 0 aliphatic carbocycles. The van der Waals surface area contributed by atoms with Crippen molar-refractivity contribution >= 4 is 140 Å². The molecule has 0 spiro atoms. The van der Waals surface area contributed by atoms with E-state index >= 15 is 0 Å². The van der Waals surface area contributed by atoms with Gasteiger partial charge in [-0.15, -0.1) is 11.4 Å². The Morgan fingerprint density at radius 1 is 0.444 bits per heavy atom. The summed E-state index contributed by atoms with van der Waals surface area (Å²) < 4.78 is 0. The highest BCUT2D eigenvalue weighted by atomic mass is 33.2. The third-order valence-corrected chi connectivity index (χ3v) is 24.4. The molecule has 1 N–H and O–H groups in total. The van der Waals surface area contributed by atoms with Gasteiger partial charge in [0.05, 0.1) is 16.0 Å². The molecule has 0 saturated heterocycles. The van der Waals surface area contributed by atoms with Crippen molar-refractivity contribution in [2.24, 2.45) is 0 Å². The van der Waals surface area contributed by atoms with Gasteiger partial charge in [0.2, 0.25) is 0 Å². The quantitative estimate of drug-likeness (QED) is 0.0690. The zero-order valence-electron chi connectivity index (χ0n) is 29.0. The highest BCUT2D eigenvalue weighted by molar-refractivity contribution is 8.94. The second-order valence-electron chi connectivity index (χ2n) is 12.6. The van der Waals surface area contributed by atoms with E-state index in [1.54, 1.807) is 0 Å². The fourth-order valence-corrected chi connectivity index (χ4v) is 20.3. The van der Waals surface area contributed by atoms with Gasteiger partial charge < -0.3 is 5.32 Å². The maximum atomic E-state index is 6.18. The number of thiocarbonyl (C=S) groups is 1. The lowest BCUT2D eigenvalue weighted by atomic mass is 9.96. The summed E-state index contributed by atoms with van der Waals surface area (Å²) in [5.74, 6) is 1.62. The molecule has 0 saturated carbocycles. The Bertz CT molecular complexity index is 2520. The number of benzene rings is 8. The Kier molecular flexibility index (Phi) is 12.8.